The second kappa shape index (κ2) is 10.6. The molecule has 0 saturated carbocycles. The number of rotatable bonds is 7. The summed E-state index contributed by atoms with van der Waals surface area (Å²) in [7, 11) is -3.67. The van der Waals surface area contributed by atoms with Crippen molar-refractivity contribution in [2.75, 3.05) is 39.3 Å². The molecule has 0 bridgehead atoms. The summed E-state index contributed by atoms with van der Waals surface area (Å²) in [6, 6.07) is 5.57. The molecule has 12 nitrogen and oxygen atoms in total. The first-order chi connectivity index (χ1) is 16.7. The third kappa shape index (κ3) is 6.34. The van der Waals surface area contributed by atoms with E-state index in [1.54, 1.807) is 4.90 Å². The monoisotopic (exact) mass is 510 g/mol. The van der Waals surface area contributed by atoms with Crippen LogP contribution in [0.1, 0.15) is 36.8 Å². The minimum atomic E-state index is -3.67. The van der Waals surface area contributed by atoms with Gasteiger partial charge in [-0.2, -0.15) is 17.4 Å². The van der Waals surface area contributed by atoms with Gasteiger partial charge in [0.2, 0.25) is 0 Å². The first kappa shape index (κ1) is 25.5. The van der Waals surface area contributed by atoms with Gasteiger partial charge in [0.1, 0.15) is 12.4 Å². The minimum absolute atomic E-state index is 0.0205. The van der Waals surface area contributed by atoms with Gasteiger partial charge in [-0.25, -0.2) is 4.79 Å². The number of benzene rings is 1. The number of carbonyl (C=O) groups is 1. The molecule has 2 saturated heterocycles. The second-order valence-corrected chi connectivity index (χ2v) is 11.1. The van der Waals surface area contributed by atoms with E-state index in [1.807, 2.05) is 18.2 Å². The molecule has 0 unspecified atom stereocenters. The molecule has 3 aliphatic rings. The number of ether oxygens (including phenoxy) is 2. The molecule has 35 heavy (non-hydrogen) atoms. The Labute approximate surface area is 205 Å². The quantitative estimate of drug-likeness (QED) is 0.198. The summed E-state index contributed by atoms with van der Waals surface area (Å²) >= 11 is 0. The van der Waals surface area contributed by atoms with Crippen LogP contribution in [0.4, 0.5) is 4.79 Å². The van der Waals surface area contributed by atoms with Gasteiger partial charge in [0.25, 0.3) is 10.2 Å². The largest absolute Gasteiger partial charge is 0.506 e. The van der Waals surface area contributed by atoms with E-state index in [-0.39, 0.29) is 44.5 Å². The summed E-state index contributed by atoms with van der Waals surface area (Å²) in [6.45, 7) is 2.98. The number of hydrogen-bond acceptors (Lipinski definition) is 7. The minimum Gasteiger partial charge on any atom is -0.489 e. The number of nitrogens with two attached hydrogens (primary N) is 1. The van der Waals surface area contributed by atoms with Crippen LogP contribution in [-0.4, -0.2) is 85.8 Å². The Morgan fingerprint density at radius 3 is 2.60 bits per heavy atom. The average Bonchev–Trinajstić information content (AvgIpc) is 2.82. The zero-order valence-corrected chi connectivity index (χ0v) is 20.5. The van der Waals surface area contributed by atoms with E-state index in [0.717, 1.165) is 43.5 Å². The summed E-state index contributed by atoms with van der Waals surface area (Å²) in [5, 5.41) is 20.2. The number of hydrogen-bond donors (Lipinski definition) is 5. The van der Waals surface area contributed by atoms with Crippen LogP contribution in [0.2, 0.25) is 0 Å². The van der Waals surface area contributed by atoms with Crippen LogP contribution in [0.15, 0.2) is 18.2 Å². The molecule has 0 atom stereocenters. The van der Waals surface area contributed by atoms with E-state index in [9.17, 15) is 18.3 Å². The molecule has 2 fully saturated rings. The summed E-state index contributed by atoms with van der Waals surface area (Å²) in [4.78, 5) is 13.2. The van der Waals surface area contributed by atoms with Crippen molar-refractivity contribution in [3.05, 3.63) is 29.3 Å². The average molecular weight is 511 g/mol. The van der Waals surface area contributed by atoms with Crippen molar-refractivity contribution in [1.29, 1.82) is 5.41 Å². The van der Waals surface area contributed by atoms with E-state index >= 15 is 0 Å². The van der Waals surface area contributed by atoms with Crippen LogP contribution in [0, 0.1) is 5.41 Å². The fourth-order valence-corrected chi connectivity index (χ4v) is 6.33. The van der Waals surface area contributed by atoms with Crippen LogP contribution in [0.5, 0.6) is 5.75 Å². The molecule has 0 amide bonds. The van der Waals surface area contributed by atoms with Crippen LogP contribution in [0.3, 0.4) is 0 Å². The maximum absolute atomic E-state index is 12.9. The number of carboxylic acid groups (broad SMARTS) is 1. The van der Waals surface area contributed by atoms with Gasteiger partial charge in [-0.3, -0.25) is 5.41 Å². The smallest absolute Gasteiger partial charge is 0.489 e. The van der Waals surface area contributed by atoms with Gasteiger partial charge in [-0.15, -0.1) is 0 Å². The van der Waals surface area contributed by atoms with E-state index in [1.165, 1.54) is 4.31 Å². The normalized spacial score (nSPS) is 21.2. The van der Waals surface area contributed by atoms with Gasteiger partial charge in [-0.05, 0) is 55.6 Å². The molecule has 194 valence electrons. The Morgan fingerprint density at radius 1 is 1.23 bits per heavy atom. The van der Waals surface area contributed by atoms with Gasteiger partial charge in [0.15, 0.2) is 11.6 Å². The molecule has 1 aromatic rings. The van der Waals surface area contributed by atoms with Crippen molar-refractivity contribution in [2.45, 2.75) is 50.3 Å². The lowest BCUT2D eigenvalue weighted by Gasteiger charge is -2.40. The fraction of sp³-hybridized carbons (Fsp3) is 0.636. The first-order valence-corrected chi connectivity index (χ1v) is 13.3. The van der Waals surface area contributed by atoms with Crippen LogP contribution >= 0.6 is 0 Å². The highest BCUT2D eigenvalue weighted by atomic mass is 32.2. The highest BCUT2D eigenvalue weighted by Crippen LogP contribution is 2.30. The molecule has 6 N–H and O–H groups in total. The Kier molecular flexibility index (Phi) is 7.69. The maximum Gasteiger partial charge on any atom is 0.506 e. The molecule has 0 radical (unpaired) electrons. The van der Waals surface area contributed by atoms with E-state index < -0.39 is 22.0 Å². The topological polar surface area (TPSA) is 170 Å². The van der Waals surface area contributed by atoms with Crippen molar-refractivity contribution in [3.8, 4) is 5.75 Å². The molecule has 1 aromatic carbocycles. The highest BCUT2D eigenvalue weighted by molar-refractivity contribution is 7.87. The Bertz CT molecular complexity index is 1040. The number of guanidine groups is 1. The van der Waals surface area contributed by atoms with E-state index in [2.05, 4.69) is 10.0 Å². The lowest BCUT2D eigenvalue weighted by molar-refractivity contribution is -0.0707. The summed E-state index contributed by atoms with van der Waals surface area (Å²) in [5.41, 5.74) is 6.64. The van der Waals surface area contributed by atoms with Gasteiger partial charge < -0.3 is 30.5 Å². The molecule has 3 aliphatic heterocycles. The summed E-state index contributed by atoms with van der Waals surface area (Å²) < 4.78 is 41.1. The Balaban J connectivity index is 1.39. The van der Waals surface area contributed by atoms with Crippen molar-refractivity contribution in [1.82, 2.24) is 19.2 Å². The molecule has 0 spiro atoms. The first-order valence-electron chi connectivity index (χ1n) is 11.9. The molecular weight excluding hydrogens is 476 g/mol. The molecule has 3 heterocycles. The Morgan fingerprint density at radius 2 is 1.94 bits per heavy atom. The van der Waals surface area contributed by atoms with Gasteiger partial charge in [0, 0.05) is 45.1 Å². The highest BCUT2D eigenvalue weighted by Gasteiger charge is 2.42. The zero-order valence-electron chi connectivity index (χ0n) is 19.7. The molecule has 4 rings (SSSR count). The van der Waals surface area contributed by atoms with Crippen LogP contribution < -0.4 is 20.5 Å². The predicted molar refractivity (Wildman–Crippen MR) is 129 cm³/mol. The van der Waals surface area contributed by atoms with Crippen molar-refractivity contribution >= 4 is 22.3 Å². The number of nitrogens with one attached hydrogen (secondary N) is 3. The predicted octanol–water partition coefficient (Wildman–Crippen LogP) is 0.433. The van der Waals surface area contributed by atoms with Gasteiger partial charge in [0.05, 0.1) is 0 Å². The molecule has 0 aromatic heterocycles. The van der Waals surface area contributed by atoms with Crippen molar-refractivity contribution < 1.29 is 27.8 Å². The third-order valence-corrected chi connectivity index (χ3v) is 8.64. The summed E-state index contributed by atoms with van der Waals surface area (Å²) in [6.07, 6.45) is 1.21. The van der Waals surface area contributed by atoms with Gasteiger partial charge in [-0.1, -0.05) is 6.07 Å². The van der Waals surface area contributed by atoms with E-state index in [0.29, 0.717) is 18.8 Å². The second-order valence-electron chi connectivity index (χ2n) is 9.37. The lowest BCUT2D eigenvalue weighted by Crippen LogP contribution is -2.55. The summed E-state index contributed by atoms with van der Waals surface area (Å²) in [5.74, 6) is 0.581. The number of fused-ring (bicyclic) bond motifs is 1. The fourth-order valence-electron chi connectivity index (χ4n) is 4.86. The third-order valence-electron chi connectivity index (χ3n) is 6.96. The lowest BCUT2D eigenvalue weighted by atomic mass is 9.93. The number of piperidine rings is 2. The van der Waals surface area contributed by atoms with Gasteiger partial charge >= 0.3 is 6.16 Å². The van der Waals surface area contributed by atoms with E-state index in [4.69, 9.17) is 20.6 Å². The van der Waals surface area contributed by atoms with Crippen molar-refractivity contribution in [2.24, 2.45) is 5.73 Å². The molecule has 13 heteroatoms. The standard InChI is InChI=1S/C22H34N6O6S/c23-20(24)27-10-5-16-1-2-19(13-17(16)14-27)33-15-22(34-21(29)30)6-11-28(12-7-22)35(31,32)26-18-3-8-25-9-4-18/h1-2,13,18,25-26H,3-12,14-15H2,(H3,23,24)(H,29,30). The van der Waals surface area contributed by atoms with Crippen LogP contribution in [-0.2, 0) is 27.9 Å². The molecular formula is C22H34N6O6S. The maximum atomic E-state index is 12.9. The zero-order chi connectivity index (χ0) is 25.1. The van der Waals surface area contributed by atoms with Crippen molar-refractivity contribution in [3.63, 3.8) is 0 Å². The molecule has 0 aliphatic carbocycles. The Hall–Kier alpha value is -2.61. The SMILES string of the molecule is N=C(N)N1CCc2ccc(OCC3(OC(=O)O)CCN(S(=O)(=O)NC4CCNCC4)CC3)cc2C1. The van der Waals surface area contributed by atoms with Crippen LogP contribution in [0.25, 0.3) is 0 Å². The number of nitrogens with zero attached hydrogens (tertiary/aromatic N) is 2.